The van der Waals surface area contributed by atoms with Crippen LogP contribution in [0.1, 0.15) is 16.7 Å². The van der Waals surface area contributed by atoms with Crippen LogP contribution in [0.3, 0.4) is 0 Å². The lowest BCUT2D eigenvalue weighted by molar-refractivity contribution is -0.139. The van der Waals surface area contributed by atoms with Crippen molar-refractivity contribution in [1.29, 1.82) is 0 Å². The molecule has 0 radical (unpaired) electrons. The third-order valence-corrected chi connectivity index (χ3v) is 4.26. The fraction of sp³-hybridized carbons (Fsp3) is 0.316. The van der Waals surface area contributed by atoms with Crippen LogP contribution in [-0.4, -0.2) is 35.1 Å². The second-order valence-electron chi connectivity index (χ2n) is 6.22. The van der Waals surface area contributed by atoms with Crippen molar-refractivity contribution in [1.82, 2.24) is 4.90 Å². The molecule has 4 nitrogen and oxygen atoms in total. The molecular weight excluding hydrogens is 309 g/mol. The molecule has 3 rings (SSSR count). The van der Waals surface area contributed by atoms with E-state index in [-0.39, 0.29) is 18.4 Å². The number of para-hydroxylation sites is 1. The predicted molar refractivity (Wildman–Crippen MR) is 88.7 cm³/mol. The van der Waals surface area contributed by atoms with Crippen LogP contribution in [0.2, 0.25) is 0 Å². The lowest BCUT2D eigenvalue weighted by atomic mass is 10.1. The summed E-state index contributed by atoms with van der Waals surface area (Å²) in [6.07, 6.45) is 0.109. The van der Waals surface area contributed by atoms with Crippen LogP contribution in [0.4, 0.5) is 4.39 Å². The van der Waals surface area contributed by atoms with E-state index < -0.39 is 11.6 Å². The largest absolute Gasteiger partial charge is 0.505 e. The van der Waals surface area contributed by atoms with Gasteiger partial charge in [-0.15, -0.1) is 0 Å². The number of nitrogens with zero attached hydrogens (tertiary/aromatic N) is 1. The summed E-state index contributed by atoms with van der Waals surface area (Å²) in [5.74, 6) is -0.297. The van der Waals surface area contributed by atoms with E-state index in [9.17, 15) is 14.3 Å². The smallest absolute Gasteiger partial charge is 0.227 e. The van der Waals surface area contributed by atoms with Gasteiger partial charge in [-0.2, -0.15) is 0 Å². The minimum atomic E-state index is -0.708. The Labute approximate surface area is 140 Å². The Bertz CT molecular complexity index is 749. The Kier molecular flexibility index (Phi) is 4.42. The van der Waals surface area contributed by atoms with Gasteiger partial charge in [-0.05, 0) is 42.7 Å². The number of likely N-dealkylation sites (tertiary alicyclic amines) is 1. The van der Waals surface area contributed by atoms with Gasteiger partial charge in [-0.3, -0.25) is 4.79 Å². The molecule has 1 amide bonds. The molecule has 2 aromatic carbocycles. The van der Waals surface area contributed by atoms with Crippen molar-refractivity contribution >= 4 is 5.91 Å². The summed E-state index contributed by atoms with van der Waals surface area (Å²) in [5.41, 5.74) is 2.72. The highest BCUT2D eigenvalue weighted by Crippen LogP contribution is 2.26. The number of rotatable bonds is 4. The Hall–Kier alpha value is -2.56. The zero-order chi connectivity index (χ0) is 17.3. The van der Waals surface area contributed by atoms with Gasteiger partial charge in [0.05, 0.1) is 19.5 Å². The zero-order valence-corrected chi connectivity index (χ0v) is 13.8. The fourth-order valence-electron chi connectivity index (χ4n) is 2.81. The third kappa shape index (κ3) is 3.35. The van der Waals surface area contributed by atoms with Crippen LogP contribution < -0.4 is 4.74 Å². The van der Waals surface area contributed by atoms with E-state index >= 15 is 0 Å². The van der Waals surface area contributed by atoms with Crippen LogP contribution in [0.15, 0.2) is 36.4 Å². The molecule has 0 saturated carbocycles. The third-order valence-electron chi connectivity index (χ3n) is 4.26. The first-order valence-electron chi connectivity index (χ1n) is 7.92. The van der Waals surface area contributed by atoms with E-state index in [1.807, 2.05) is 32.0 Å². The lowest BCUT2D eigenvalue weighted by Crippen LogP contribution is -2.56. The molecule has 1 aliphatic heterocycles. The molecule has 1 aliphatic rings. The molecule has 0 spiro atoms. The summed E-state index contributed by atoms with van der Waals surface area (Å²) in [6, 6.07) is 10.0. The van der Waals surface area contributed by atoms with E-state index in [1.54, 1.807) is 11.0 Å². The Morgan fingerprint density at radius 2 is 1.92 bits per heavy atom. The number of aryl methyl sites for hydroxylation is 2. The van der Waals surface area contributed by atoms with Gasteiger partial charge < -0.3 is 14.7 Å². The summed E-state index contributed by atoms with van der Waals surface area (Å²) in [7, 11) is 0. The van der Waals surface area contributed by atoms with Crippen LogP contribution in [0.5, 0.6) is 11.5 Å². The number of ether oxygens (including phenoxy) is 1. The Morgan fingerprint density at radius 1 is 1.25 bits per heavy atom. The minimum absolute atomic E-state index is 0.00898. The van der Waals surface area contributed by atoms with Gasteiger partial charge >= 0.3 is 0 Å². The first-order chi connectivity index (χ1) is 11.4. The van der Waals surface area contributed by atoms with Crippen molar-refractivity contribution < 1.29 is 19.0 Å². The molecule has 0 aliphatic carbocycles. The second kappa shape index (κ2) is 6.51. The van der Waals surface area contributed by atoms with E-state index in [1.165, 1.54) is 12.1 Å². The highest BCUT2D eigenvalue weighted by atomic mass is 19.1. The lowest BCUT2D eigenvalue weighted by Gasteiger charge is -2.39. The molecule has 1 N–H and O–H groups in total. The maximum Gasteiger partial charge on any atom is 0.227 e. The fourth-order valence-corrected chi connectivity index (χ4v) is 2.81. The summed E-state index contributed by atoms with van der Waals surface area (Å²) in [4.78, 5) is 13.9. The first-order valence-corrected chi connectivity index (χ1v) is 7.92. The number of carbonyl (C=O) groups is 1. The molecule has 0 unspecified atom stereocenters. The summed E-state index contributed by atoms with van der Waals surface area (Å²) < 4.78 is 19.3. The zero-order valence-electron chi connectivity index (χ0n) is 13.8. The van der Waals surface area contributed by atoms with E-state index in [2.05, 4.69) is 0 Å². The van der Waals surface area contributed by atoms with Crippen molar-refractivity contribution in [2.75, 3.05) is 13.1 Å². The van der Waals surface area contributed by atoms with Gasteiger partial charge in [0.25, 0.3) is 0 Å². The molecule has 2 aromatic rings. The molecule has 24 heavy (non-hydrogen) atoms. The molecule has 1 saturated heterocycles. The van der Waals surface area contributed by atoms with Crippen molar-refractivity contribution in [3.8, 4) is 11.5 Å². The average molecular weight is 329 g/mol. The van der Waals surface area contributed by atoms with Crippen LogP contribution in [0.25, 0.3) is 0 Å². The second-order valence-corrected chi connectivity index (χ2v) is 6.22. The van der Waals surface area contributed by atoms with Crippen molar-refractivity contribution in [2.24, 2.45) is 0 Å². The number of hydrogen-bond donors (Lipinski definition) is 1. The highest BCUT2D eigenvalue weighted by molar-refractivity contribution is 5.79. The highest BCUT2D eigenvalue weighted by Gasteiger charge is 2.32. The maximum absolute atomic E-state index is 13.3. The number of aromatic hydroxyl groups is 1. The van der Waals surface area contributed by atoms with Gasteiger partial charge in [-0.25, -0.2) is 4.39 Å². The van der Waals surface area contributed by atoms with Gasteiger partial charge in [-0.1, -0.05) is 24.3 Å². The molecule has 0 bridgehead atoms. The van der Waals surface area contributed by atoms with Crippen LogP contribution in [0, 0.1) is 19.7 Å². The standard InChI is InChI=1S/C19H20FNO3/c1-12-4-3-5-13(2)19(12)24-15-10-21(11-15)18(23)9-14-6-7-17(22)16(20)8-14/h3-8,15,22H,9-11H2,1-2H3. The molecular formula is C19H20FNO3. The number of phenolic OH excluding ortho intramolecular Hbond substituents is 1. The summed E-state index contributed by atoms with van der Waals surface area (Å²) in [6.45, 7) is 5.08. The first kappa shape index (κ1) is 16.3. The van der Waals surface area contributed by atoms with Gasteiger partial charge in [0, 0.05) is 0 Å². The van der Waals surface area contributed by atoms with Crippen LogP contribution >= 0.6 is 0 Å². The van der Waals surface area contributed by atoms with E-state index in [0.717, 1.165) is 16.9 Å². The number of hydrogen-bond acceptors (Lipinski definition) is 3. The van der Waals surface area contributed by atoms with Crippen LogP contribution in [-0.2, 0) is 11.2 Å². The monoisotopic (exact) mass is 329 g/mol. The molecule has 1 heterocycles. The predicted octanol–water partition coefficient (Wildman–Crippen LogP) is 2.98. The van der Waals surface area contributed by atoms with E-state index in [4.69, 9.17) is 4.74 Å². The quantitative estimate of drug-likeness (QED) is 0.938. The molecule has 126 valence electrons. The van der Waals surface area contributed by atoms with Gasteiger partial charge in [0.2, 0.25) is 5.91 Å². The summed E-state index contributed by atoms with van der Waals surface area (Å²) in [5, 5.41) is 9.18. The average Bonchev–Trinajstić information content (AvgIpc) is 2.48. The Morgan fingerprint density at radius 3 is 2.54 bits per heavy atom. The Balaban J connectivity index is 1.54. The molecule has 0 atom stereocenters. The van der Waals surface area contributed by atoms with E-state index in [0.29, 0.717) is 18.7 Å². The number of halogens is 1. The minimum Gasteiger partial charge on any atom is -0.505 e. The number of amides is 1. The van der Waals surface area contributed by atoms with Crippen molar-refractivity contribution in [2.45, 2.75) is 26.4 Å². The SMILES string of the molecule is Cc1cccc(C)c1OC1CN(C(=O)Cc2ccc(O)c(F)c2)C1. The molecule has 5 heteroatoms. The topological polar surface area (TPSA) is 49.8 Å². The number of benzene rings is 2. The summed E-state index contributed by atoms with van der Waals surface area (Å²) >= 11 is 0. The number of carbonyl (C=O) groups excluding carboxylic acids is 1. The molecule has 0 aromatic heterocycles. The van der Waals surface area contributed by atoms with Crippen molar-refractivity contribution in [3.05, 3.63) is 58.9 Å². The van der Waals surface area contributed by atoms with Crippen molar-refractivity contribution in [3.63, 3.8) is 0 Å². The molecule has 1 fully saturated rings. The number of phenols is 1. The normalized spacial score (nSPS) is 14.4. The van der Waals surface area contributed by atoms with Gasteiger partial charge in [0.1, 0.15) is 11.9 Å². The maximum atomic E-state index is 13.3. The van der Waals surface area contributed by atoms with Gasteiger partial charge in [0.15, 0.2) is 11.6 Å².